The van der Waals surface area contributed by atoms with Gasteiger partial charge in [-0.1, -0.05) is 49.6 Å². The Morgan fingerprint density at radius 1 is 0.950 bits per heavy atom. The summed E-state index contributed by atoms with van der Waals surface area (Å²) in [6.07, 6.45) is 9.84. The van der Waals surface area contributed by atoms with Crippen LogP contribution in [0.5, 0.6) is 0 Å². The topological polar surface area (TPSA) is 51.8 Å². The first-order valence-electron chi connectivity index (χ1n) is 7.42. The van der Waals surface area contributed by atoms with Gasteiger partial charge in [0.15, 0.2) is 0 Å². The molecule has 104 valence electrons. The highest BCUT2D eigenvalue weighted by Crippen LogP contribution is 2.43. The minimum absolute atomic E-state index is 0.00730. The summed E-state index contributed by atoms with van der Waals surface area (Å²) in [6.45, 7) is 0.499. The van der Waals surface area contributed by atoms with Crippen LogP contribution < -0.4 is 5.73 Å². The van der Waals surface area contributed by atoms with E-state index in [1.165, 1.54) is 24.8 Å². The lowest BCUT2D eigenvalue weighted by Gasteiger charge is -2.36. The van der Waals surface area contributed by atoms with Crippen LogP contribution in [0, 0.1) is 0 Å². The Hall–Kier alpha value is -1.74. The molecule has 0 unspecified atom stereocenters. The molecule has 0 radical (unpaired) electrons. The third-order valence-corrected chi connectivity index (χ3v) is 4.40. The zero-order valence-corrected chi connectivity index (χ0v) is 11.8. The van der Waals surface area contributed by atoms with Gasteiger partial charge in [0, 0.05) is 24.5 Å². The predicted molar refractivity (Wildman–Crippen MR) is 80.2 cm³/mol. The van der Waals surface area contributed by atoms with E-state index in [0.29, 0.717) is 6.54 Å². The summed E-state index contributed by atoms with van der Waals surface area (Å²) in [5.41, 5.74) is 7.98. The first-order chi connectivity index (χ1) is 9.85. The van der Waals surface area contributed by atoms with Crippen molar-refractivity contribution in [2.24, 2.45) is 5.73 Å². The lowest BCUT2D eigenvalue weighted by atomic mass is 9.69. The summed E-state index contributed by atoms with van der Waals surface area (Å²) in [5, 5.41) is 0. The van der Waals surface area contributed by atoms with E-state index < -0.39 is 0 Å². The van der Waals surface area contributed by atoms with Crippen LogP contribution in [0.4, 0.5) is 0 Å². The van der Waals surface area contributed by atoms with Gasteiger partial charge in [-0.25, -0.2) is 9.97 Å². The van der Waals surface area contributed by atoms with E-state index in [1.54, 1.807) is 0 Å². The van der Waals surface area contributed by atoms with Gasteiger partial charge < -0.3 is 5.73 Å². The second-order valence-corrected chi connectivity index (χ2v) is 5.63. The van der Waals surface area contributed by atoms with Crippen molar-refractivity contribution in [2.75, 3.05) is 0 Å². The Morgan fingerprint density at radius 3 is 2.20 bits per heavy atom. The maximum Gasteiger partial charge on any atom is 0.138 e. The van der Waals surface area contributed by atoms with Crippen molar-refractivity contribution in [3.8, 4) is 0 Å². The van der Waals surface area contributed by atoms with Gasteiger partial charge in [-0.05, 0) is 18.4 Å². The van der Waals surface area contributed by atoms with E-state index in [9.17, 15) is 0 Å². The number of hydrogen-bond acceptors (Lipinski definition) is 3. The first-order valence-corrected chi connectivity index (χ1v) is 7.42. The van der Waals surface area contributed by atoms with E-state index in [0.717, 1.165) is 24.2 Å². The Bertz CT molecular complexity index is 542. The van der Waals surface area contributed by atoms with E-state index in [1.807, 2.05) is 12.4 Å². The van der Waals surface area contributed by atoms with Crippen LogP contribution in [-0.2, 0) is 12.0 Å². The molecule has 1 heterocycles. The van der Waals surface area contributed by atoms with E-state index in [4.69, 9.17) is 5.73 Å². The van der Waals surface area contributed by atoms with Crippen molar-refractivity contribution < 1.29 is 0 Å². The summed E-state index contributed by atoms with van der Waals surface area (Å²) in [4.78, 5) is 9.26. The van der Waals surface area contributed by atoms with E-state index in [-0.39, 0.29) is 5.41 Å². The van der Waals surface area contributed by atoms with Crippen LogP contribution in [0.15, 0.2) is 42.7 Å². The Morgan fingerprint density at radius 2 is 1.60 bits per heavy atom. The van der Waals surface area contributed by atoms with E-state index >= 15 is 0 Å². The SMILES string of the molecule is NCc1cnc(C2(c3ccccc3)CCCCC2)nc1. The van der Waals surface area contributed by atoms with E-state index in [2.05, 4.69) is 40.3 Å². The molecule has 1 aliphatic carbocycles. The maximum absolute atomic E-state index is 5.64. The molecule has 1 aromatic heterocycles. The van der Waals surface area contributed by atoms with Gasteiger partial charge in [0.25, 0.3) is 0 Å². The van der Waals surface area contributed by atoms with Crippen LogP contribution in [0.1, 0.15) is 49.1 Å². The normalized spacial score (nSPS) is 17.9. The van der Waals surface area contributed by atoms with Gasteiger partial charge in [0.1, 0.15) is 5.82 Å². The summed E-state index contributed by atoms with van der Waals surface area (Å²) in [7, 11) is 0. The molecule has 3 rings (SSSR count). The Balaban J connectivity index is 2.05. The minimum Gasteiger partial charge on any atom is -0.326 e. The Labute approximate surface area is 120 Å². The van der Waals surface area contributed by atoms with Gasteiger partial charge in [0.05, 0.1) is 5.41 Å². The summed E-state index contributed by atoms with van der Waals surface area (Å²) in [6, 6.07) is 10.7. The molecule has 3 nitrogen and oxygen atoms in total. The molecule has 0 atom stereocenters. The third-order valence-electron chi connectivity index (χ3n) is 4.40. The van der Waals surface area contributed by atoms with Crippen molar-refractivity contribution in [3.05, 3.63) is 59.7 Å². The quantitative estimate of drug-likeness (QED) is 0.929. The molecule has 1 saturated carbocycles. The van der Waals surface area contributed by atoms with Gasteiger partial charge >= 0.3 is 0 Å². The van der Waals surface area contributed by atoms with Crippen molar-refractivity contribution in [1.82, 2.24) is 9.97 Å². The lowest BCUT2D eigenvalue weighted by molar-refractivity contribution is 0.330. The van der Waals surface area contributed by atoms with Crippen LogP contribution in [0.25, 0.3) is 0 Å². The number of nitrogens with zero attached hydrogens (tertiary/aromatic N) is 2. The number of rotatable bonds is 3. The number of hydrogen-bond donors (Lipinski definition) is 1. The molecule has 3 heteroatoms. The molecule has 0 saturated heterocycles. The smallest absolute Gasteiger partial charge is 0.138 e. The summed E-state index contributed by atoms with van der Waals surface area (Å²) < 4.78 is 0. The average Bonchev–Trinajstić information content (AvgIpc) is 2.56. The first kappa shape index (κ1) is 13.3. The molecule has 0 amide bonds. The molecule has 1 aliphatic rings. The largest absolute Gasteiger partial charge is 0.326 e. The minimum atomic E-state index is -0.00730. The molecule has 1 fully saturated rings. The number of nitrogens with two attached hydrogens (primary N) is 1. The molecule has 2 N–H and O–H groups in total. The third kappa shape index (κ3) is 2.34. The standard InChI is InChI=1S/C17H21N3/c18-11-14-12-19-16(20-13-14)17(9-5-2-6-10-17)15-7-3-1-4-8-15/h1,3-4,7-8,12-13H,2,5-6,9-11,18H2. The molecule has 0 aliphatic heterocycles. The lowest BCUT2D eigenvalue weighted by Crippen LogP contribution is -2.32. The van der Waals surface area contributed by atoms with Crippen molar-refractivity contribution in [2.45, 2.75) is 44.1 Å². The Kier molecular flexibility index (Phi) is 3.79. The van der Waals surface area contributed by atoms with Crippen LogP contribution in [0.3, 0.4) is 0 Å². The van der Waals surface area contributed by atoms with Gasteiger partial charge in [0.2, 0.25) is 0 Å². The van der Waals surface area contributed by atoms with Crippen molar-refractivity contribution in [1.29, 1.82) is 0 Å². The summed E-state index contributed by atoms with van der Waals surface area (Å²) in [5.74, 6) is 0.959. The maximum atomic E-state index is 5.64. The summed E-state index contributed by atoms with van der Waals surface area (Å²) >= 11 is 0. The number of aromatic nitrogens is 2. The highest BCUT2D eigenvalue weighted by molar-refractivity contribution is 5.33. The van der Waals surface area contributed by atoms with Crippen LogP contribution >= 0.6 is 0 Å². The molecule has 2 aromatic rings. The molecule has 20 heavy (non-hydrogen) atoms. The second-order valence-electron chi connectivity index (χ2n) is 5.63. The zero-order chi connectivity index (χ0) is 13.8. The van der Waals surface area contributed by atoms with Gasteiger partial charge in [-0.15, -0.1) is 0 Å². The predicted octanol–water partition coefficient (Wildman–Crippen LogP) is 3.19. The van der Waals surface area contributed by atoms with Crippen LogP contribution in [0.2, 0.25) is 0 Å². The average molecular weight is 267 g/mol. The van der Waals surface area contributed by atoms with Crippen molar-refractivity contribution in [3.63, 3.8) is 0 Å². The fourth-order valence-electron chi connectivity index (χ4n) is 3.26. The molecule has 0 spiro atoms. The fraction of sp³-hybridized carbons (Fsp3) is 0.412. The van der Waals surface area contributed by atoms with Gasteiger partial charge in [-0.3, -0.25) is 0 Å². The molecular formula is C17H21N3. The molecule has 1 aromatic carbocycles. The highest BCUT2D eigenvalue weighted by atomic mass is 14.9. The van der Waals surface area contributed by atoms with Crippen LogP contribution in [-0.4, -0.2) is 9.97 Å². The van der Waals surface area contributed by atoms with Gasteiger partial charge in [-0.2, -0.15) is 0 Å². The second kappa shape index (κ2) is 5.71. The monoisotopic (exact) mass is 267 g/mol. The number of benzene rings is 1. The highest BCUT2D eigenvalue weighted by Gasteiger charge is 2.38. The zero-order valence-electron chi connectivity index (χ0n) is 11.8. The molecular weight excluding hydrogens is 246 g/mol. The van der Waals surface area contributed by atoms with Crippen molar-refractivity contribution >= 4 is 0 Å². The fourth-order valence-corrected chi connectivity index (χ4v) is 3.26. The molecule has 0 bridgehead atoms.